The topological polar surface area (TPSA) is 26.0 Å². The second-order valence-corrected chi connectivity index (χ2v) is 7.54. The Morgan fingerprint density at radius 3 is 2.36 bits per heavy atom. The first-order valence-corrected chi connectivity index (χ1v) is 7.05. The van der Waals surface area contributed by atoms with Crippen LogP contribution < -0.4 is 26.9 Å². The van der Waals surface area contributed by atoms with Crippen LogP contribution in [0.5, 0.6) is 0 Å². The molecule has 0 radical (unpaired) electrons. The van der Waals surface area contributed by atoms with Crippen molar-refractivity contribution in [2.45, 2.75) is 47.9 Å². The number of hydrogen-bond acceptors (Lipinski definition) is 1. The SMILES string of the molecule is CCCC(C)[I-]C(CC)CN. The summed E-state index contributed by atoms with van der Waals surface area (Å²) in [6.45, 7) is 7.83. The van der Waals surface area contributed by atoms with Gasteiger partial charge < -0.3 is 0 Å². The van der Waals surface area contributed by atoms with Crippen molar-refractivity contribution in [3.63, 3.8) is 0 Å². The summed E-state index contributed by atoms with van der Waals surface area (Å²) in [6, 6.07) is 0. The quantitative estimate of drug-likeness (QED) is 0.486. The van der Waals surface area contributed by atoms with E-state index in [0.29, 0.717) is 21.2 Å². The van der Waals surface area contributed by atoms with Gasteiger partial charge >= 0.3 is 81.4 Å². The van der Waals surface area contributed by atoms with Crippen LogP contribution >= 0.6 is 0 Å². The molecule has 0 rings (SSSR count). The molecule has 2 heteroatoms. The fraction of sp³-hybridized carbons (Fsp3) is 1.00. The summed E-state index contributed by atoms with van der Waals surface area (Å²) in [7, 11) is 0. The van der Waals surface area contributed by atoms with E-state index in [2.05, 4.69) is 20.8 Å². The van der Waals surface area contributed by atoms with Crippen LogP contribution in [0, 0.1) is 0 Å². The molecule has 2 unspecified atom stereocenters. The molecule has 0 aromatic heterocycles. The van der Waals surface area contributed by atoms with Gasteiger partial charge in [-0.05, 0) is 0 Å². The van der Waals surface area contributed by atoms with Crippen LogP contribution in [0.2, 0.25) is 0 Å². The predicted octanol–water partition coefficient (Wildman–Crippen LogP) is -0.999. The Labute approximate surface area is 81.4 Å². The number of alkyl halides is 2. The Hall–Kier alpha value is 0.690. The van der Waals surface area contributed by atoms with E-state index in [-0.39, 0.29) is 0 Å². The molecule has 0 saturated carbocycles. The van der Waals surface area contributed by atoms with Crippen LogP contribution in [0.3, 0.4) is 0 Å². The molecule has 0 aromatic carbocycles. The third-order valence-electron chi connectivity index (χ3n) is 1.78. The zero-order valence-electron chi connectivity index (χ0n) is 7.94. The summed E-state index contributed by atoms with van der Waals surface area (Å²) in [4.78, 5) is 0. The van der Waals surface area contributed by atoms with E-state index in [1.165, 1.54) is 19.3 Å². The minimum absolute atomic E-state index is 0.365. The van der Waals surface area contributed by atoms with Crippen molar-refractivity contribution < 1.29 is 21.2 Å². The van der Waals surface area contributed by atoms with Gasteiger partial charge in [-0.2, -0.15) is 0 Å². The third kappa shape index (κ3) is 5.91. The fourth-order valence-corrected chi connectivity index (χ4v) is 4.59. The summed E-state index contributed by atoms with van der Waals surface area (Å²) in [6.07, 6.45) is 4.03. The minimum atomic E-state index is 0.365. The summed E-state index contributed by atoms with van der Waals surface area (Å²) in [5.41, 5.74) is 5.66. The molecule has 0 aliphatic heterocycles. The molecule has 0 spiro atoms. The Kier molecular flexibility index (Phi) is 7.81. The van der Waals surface area contributed by atoms with Gasteiger partial charge in [0.25, 0.3) is 0 Å². The maximum atomic E-state index is 5.66. The Morgan fingerprint density at radius 2 is 2.00 bits per heavy atom. The summed E-state index contributed by atoms with van der Waals surface area (Å²) < 4.78 is 1.85. The van der Waals surface area contributed by atoms with Gasteiger partial charge in [-0.15, -0.1) is 0 Å². The summed E-state index contributed by atoms with van der Waals surface area (Å²) >= 11 is 0.365. The van der Waals surface area contributed by atoms with Crippen molar-refractivity contribution in [1.82, 2.24) is 0 Å². The van der Waals surface area contributed by atoms with E-state index in [9.17, 15) is 0 Å². The number of rotatable bonds is 6. The third-order valence-corrected chi connectivity index (χ3v) is 6.04. The van der Waals surface area contributed by atoms with Crippen LogP contribution in [0.1, 0.15) is 40.0 Å². The first-order chi connectivity index (χ1) is 5.24. The summed E-state index contributed by atoms with van der Waals surface area (Å²) in [5, 5.41) is 0. The van der Waals surface area contributed by atoms with E-state index in [4.69, 9.17) is 5.73 Å². The molecule has 0 saturated heterocycles. The van der Waals surface area contributed by atoms with Gasteiger partial charge in [0.1, 0.15) is 0 Å². The van der Waals surface area contributed by atoms with Crippen LogP contribution in [-0.4, -0.2) is 14.4 Å². The van der Waals surface area contributed by atoms with Gasteiger partial charge in [0, 0.05) is 0 Å². The first kappa shape index (κ1) is 11.7. The molecular weight excluding hydrogens is 249 g/mol. The molecule has 70 valence electrons. The zero-order valence-corrected chi connectivity index (χ0v) is 10.1. The van der Waals surface area contributed by atoms with E-state index in [0.717, 1.165) is 14.4 Å². The molecule has 11 heavy (non-hydrogen) atoms. The number of nitrogens with two attached hydrogens (primary N) is 1. The van der Waals surface area contributed by atoms with E-state index >= 15 is 0 Å². The van der Waals surface area contributed by atoms with E-state index in [1.807, 2.05) is 0 Å². The van der Waals surface area contributed by atoms with Crippen molar-refractivity contribution in [1.29, 1.82) is 0 Å². The molecule has 0 aliphatic carbocycles. The molecule has 0 heterocycles. The number of hydrogen-bond donors (Lipinski definition) is 1. The normalized spacial score (nSPS) is 16.7. The van der Waals surface area contributed by atoms with Crippen LogP contribution in [0.4, 0.5) is 0 Å². The molecule has 0 bridgehead atoms. The fourth-order valence-electron chi connectivity index (χ4n) is 1.07. The van der Waals surface area contributed by atoms with Crippen molar-refractivity contribution in [2.24, 2.45) is 5.73 Å². The molecule has 0 fully saturated rings. The van der Waals surface area contributed by atoms with Gasteiger partial charge in [-0.3, -0.25) is 0 Å². The summed E-state index contributed by atoms with van der Waals surface area (Å²) in [5.74, 6) is 0. The van der Waals surface area contributed by atoms with Crippen molar-refractivity contribution in [3.8, 4) is 0 Å². The predicted molar refractivity (Wildman–Crippen MR) is 47.5 cm³/mol. The Balaban J connectivity index is 3.44. The van der Waals surface area contributed by atoms with Gasteiger partial charge in [-0.1, -0.05) is 0 Å². The zero-order chi connectivity index (χ0) is 8.69. The molecule has 2 atom stereocenters. The van der Waals surface area contributed by atoms with Gasteiger partial charge in [0.15, 0.2) is 0 Å². The Bertz CT molecular complexity index is 81.6. The second-order valence-electron chi connectivity index (χ2n) is 2.94. The van der Waals surface area contributed by atoms with Crippen LogP contribution in [-0.2, 0) is 0 Å². The van der Waals surface area contributed by atoms with E-state index in [1.54, 1.807) is 0 Å². The molecule has 0 aromatic rings. The molecule has 0 amide bonds. The first-order valence-electron chi connectivity index (χ1n) is 4.56. The van der Waals surface area contributed by atoms with E-state index < -0.39 is 0 Å². The second kappa shape index (κ2) is 7.35. The van der Waals surface area contributed by atoms with Crippen LogP contribution in [0.25, 0.3) is 0 Å². The van der Waals surface area contributed by atoms with Crippen LogP contribution in [0.15, 0.2) is 0 Å². The van der Waals surface area contributed by atoms with Gasteiger partial charge in [0.2, 0.25) is 0 Å². The molecule has 0 aliphatic rings. The average molecular weight is 270 g/mol. The van der Waals surface area contributed by atoms with Crippen molar-refractivity contribution >= 4 is 0 Å². The molecular formula is C9H21IN-. The average Bonchev–Trinajstić information content (AvgIpc) is 2.01. The number of halogens is 1. The maximum absolute atomic E-state index is 5.66. The van der Waals surface area contributed by atoms with Gasteiger partial charge in [0.05, 0.1) is 0 Å². The van der Waals surface area contributed by atoms with Crippen molar-refractivity contribution in [3.05, 3.63) is 0 Å². The standard InChI is InChI=1S/C9H21IN/c1-4-6-8(3)10-9(5-2)7-11/h8-9H,4-7,11H2,1-3H3/q-1. The molecule has 2 N–H and O–H groups in total. The Morgan fingerprint density at radius 1 is 1.36 bits per heavy atom. The molecule has 1 nitrogen and oxygen atoms in total. The van der Waals surface area contributed by atoms with Gasteiger partial charge in [-0.25, -0.2) is 0 Å². The van der Waals surface area contributed by atoms with Crippen molar-refractivity contribution in [2.75, 3.05) is 6.54 Å². The monoisotopic (exact) mass is 270 g/mol.